The van der Waals surface area contributed by atoms with Crippen LogP contribution in [-0.4, -0.2) is 19.6 Å². The number of piperidine rings is 1. The van der Waals surface area contributed by atoms with E-state index in [1.54, 1.807) is 5.56 Å². The molecule has 2 nitrogen and oxygen atoms in total. The molecule has 1 spiro atoms. The van der Waals surface area contributed by atoms with E-state index >= 15 is 0 Å². The quantitative estimate of drug-likeness (QED) is 0.905. The van der Waals surface area contributed by atoms with Crippen LogP contribution in [0.1, 0.15) is 42.0 Å². The fraction of sp³-hybridized carbons (Fsp3) is 0.429. The summed E-state index contributed by atoms with van der Waals surface area (Å²) in [5, 5.41) is 7.40. The van der Waals surface area contributed by atoms with Crippen LogP contribution in [0.25, 0.3) is 0 Å². The van der Waals surface area contributed by atoms with Crippen molar-refractivity contribution in [2.75, 3.05) is 19.6 Å². The van der Waals surface area contributed by atoms with Crippen LogP contribution in [0.5, 0.6) is 0 Å². The minimum absolute atomic E-state index is 0.352. The Morgan fingerprint density at radius 2 is 1.65 bits per heavy atom. The number of rotatable bonds is 3. The summed E-state index contributed by atoms with van der Waals surface area (Å²) in [6.45, 7) is 3.42. The van der Waals surface area contributed by atoms with Gasteiger partial charge in [-0.2, -0.15) is 0 Å². The summed E-state index contributed by atoms with van der Waals surface area (Å²) in [5.41, 5.74) is 4.94. The zero-order valence-electron chi connectivity index (χ0n) is 13.7. The van der Waals surface area contributed by atoms with Crippen molar-refractivity contribution in [2.24, 2.45) is 0 Å². The molecule has 0 bridgehead atoms. The van der Waals surface area contributed by atoms with Crippen molar-refractivity contribution in [2.45, 2.75) is 37.1 Å². The van der Waals surface area contributed by atoms with Crippen molar-refractivity contribution in [3.8, 4) is 0 Å². The first-order chi connectivity index (χ1) is 11.4. The molecule has 0 aromatic heterocycles. The highest BCUT2D eigenvalue weighted by Gasteiger charge is 2.39. The van der Waals surface area contributed by atoms with E-state index in [1.165, 1.54) is 30.4 Å². The summed E-state index contributed by atoms with van der Waals surface area (Å²) in [7, 11) is 0. The molecule has 2 heterocycles. The van der Waals surface area contributed by atoms with Crippen molar-refractivity contribution < 1.29 is 0 Å². The fourth-order valence-corrected chi connectivity index (χ4v) is 4.37. The fourth-order valence-electron chi connectivity index (χ4n) is 4.37. The van der Waals surface area contributed by atoms with Gasteiger partial charge < -0.3 is 10.6 Å². The molecule has 0 aliphatic carbocycles. The topological polar surface area (TPSA) is 24.1 Å². The van der Waals surface area contributed by atoms with Crippen LogP contribution in [0.3, 0.4) is 0 Å². The Labute approximate surface area is 139 Å². The molecule has 2 N–H and O–H groups in total. The molecule has 120 valence electrons. The van der Waals surface area contributed by atoms with Crippen molar-refractivity contribution in [1.29, 1.82) is 0 Å². The molecule has 2 aromatic carbocycles. The van der Waals surface area contributed by atoms with Crippen LogP contribution in [0.4, 0.5) is 0 Å². The molecule has 1 saturated heterocycles. The standard InChI is InChI=1S/C21H26N2/c1-2-6-17(7-3-1)10-11-20-18-8-4-5-9-19(18)21(16-23-20)12-14-22-15-13-21/h1-9,20,22-23H,10-16H2. The summed E-state index contributed by atoms with van der Waals surface area (Å²) >= 11 is 0. The second kappa shape index (κ2) is 6.46. The summed E-state index contributed by atoms with van der Waals surface area (Å²) in [4.78, 5) is 0. The number of aryl methyl sites for hydroxylation is 1. The van der Waals surface area contributed by atoms with Crippen molar-refractivity contribution in [3.05, 3.63) is 71.3 Å². The molecule has 23 heavy (non-hydrogen) atoms. The van der Waals surface area contributed by atoms with Crippen molar-refractivity contribution in [1.82, 2.24) is 10.6 Å². The Kier molecular flexibility index (Phi) is 4.19. The highest BCUT2D eigenvalue weighted by Crippen LogP contribution is 2.41. The van der Waals surface area contributed by atoms with Gasteiger partial charge in [-0.1, -0.05) is 54.6 Å². The van der Waals surface area contributed by atoms with Gasteiger partial charge in [-0.15, -0.1) is 0 Å². The van der Waals surface area contributed by atoms with Gasteiger partial charge in [0, 0.05) is 18.0 Å². The van der Waals surface area contributed by atoms with Crippen LogP contribution in [0.2, 0.25) is 0 Å². The van der Waals surface area contributed by atoms with E-state index in [1.807, 2.05) is 0 Å². The number of hydrogen-bond donors (Lipinski definition) is 2. The molecule has 2 aliphatic rings. The van der Waals surface area contributed by atoms with Gasteiger partial charge in [0.1, 0.15) is 0 Å². The molecule has 2 aliphatic heterocycles. The number of benzene rings is 2. The molecule has 2 heteroatoms. The van der Waals surface area contributed by atoms with Gasteiger partial charge in [-0.3, -0.25) is 0 Å². The minimum atomic E-state index is 0.352. The van der Waals surface area contributed by atoms with E-state index in [4.69, 9.17) is 0 Å². The van der Waals surface area contributed by atoms with Gasteiger partial charge in [0.2, 0.25) is 0 Å². The average molecular weight is 306 g/mol. The molecule has 2 aromatic rings. The molecule has 0 amide bonds. The third-order valence-corrected chi connectivity index (χ3v) is 5.72. The molecular formula is C21H26N2. The lowest BCUT2D eigenvalue weighted by Gasteiger charge is -2.45. The first-order valence-corrected chi connectivity index (χ1v) is 8.95. The van der Waals surface area contributed by atoms with Gasteiger partial charge in [0.15, 0.2) is 0 Å². The van der Waals surface area contributed by atoms with Crippen LogP contribution in [-0.2, 0) is 11.8 Å². The molecule has 1 atom stereocenters. The average Bonchev–Trinajstić information content (AvgIpc) is 2.63. The first kappa shape index (κ1) is 14.9. The summed E-state index contributed by atoms with van der Waals surface area (Å²) in [6, 6.07) is 20.5. The largest absolute Gasteiger partial charge is 0.317 e. The van der Waals surface area contributed by atoms with Crippen LogP contribution in [0.15, 0.2) is 54.6 Å². The van der Waals surface area contributed by atoms with E-state index in [2.05, 4.69) is 65.2 Å². The monoisotopic (exact) mass is 306 g/mol. The summed E-state index contributed by atoms with van der Waals surface area (Å²) in [6.07, 6.45) is 4.82. The number of hydrogen-bond acceptors (Lipinski definition) is 2. The first-order valence-electron chi connectivity index (χ1n) is 8.95. The molecule has 4 rings (SSSR count). The Balaban J connectivity index is 1.56. The van der Waals surface area contributed by atoms with E-state index in [0.29, 0.717) is 11.5 Å². The van der Waals surface area contributed by atoms with Crippen LogP contribution < -0.4 is 10.6 Å². The molecule has 0 radical (unpaired) electrons. The maximum Gasteiger partial charge on any atom is 0.0326 e. The van der Waals surface area contributed by atoms with E-state index in [-0.39, 0.29) is 0 Å². The van der Waals surface area contributed by atoms with Crippen LogP contribution in [0, 0.1) is 0 Å². The second-order valence-electron chi connectivity index (χ2n) is 7.08. The van der Waals surface area contributed by atoms with Gasteiger partial charge in [-0.25, -0.2) is 0 Å². The summed E-state index contributed by atoms with van der Waals surface area (Å²) in [5.74, 6) is 0. The molecule has 1 unspecified atom stereocenters. The van der Waals surface area contributed by atoms with Crippen molar-refractivity contribution in [3.63, 3.8) is 0 Å². The molecular weight excluding hydrogens is 280 g/mol. The maximum absolute atomic E-state index is 3.88. The van der Waals surface area contributed by atoms with Gasteiger partial charge in [0.05, 0.1) is 0 Å². The molecule has 1 fully saturated rings. The predicted octanol–water partition coefficient (Wildman–Crippen LogP) is 3.58. The predicted molar refractivity (Wildman–Crippen MR) is 95.7 cm³/mol. The smallest absolute Gasteiger partial charge is 0.0326 e. The van der Waals surface area contributed by atoms with E-state index < -0.39 is 0 Å². The zero-order chi connectivity index (χ0) is 15.5. The third-order valence-electron chi connectivity index (χ3n) is 5.72. The lowest BCUT2D eigenvalue weighted by atomic mass is 9.68. The van der Waals surface area contributed by atoms with E-state index in [0.717, 1.165) is 26.1 Å². The van der Waals surface area contributed by atoms with Gasteiger partial charge in [-0.05, 0) is 55.5 Å². The van der Waals surface area contributed by atoms with Gasteiger partial charge >= 0.3 is 0 Å². The summed E-state index contributed by atoms with van der Waals surface area (Å²) < 4.78 is 0. The third kappa shape index (κ3) is 2.93. The number of fused-ring (bicyclic) bond motifs is 2. The van der Waals surface area contributed by atoms with Crippen LogP contribution >= 0.6 is 0 Å². The minimum Gasteiger partial charge on any atom is -0.317 e. The Bertz CT molecular complexity index is 644. The SMILES string of the molecule is c1ccc(CCC2NCC3(CCNCC3)c3ccccc32)cc1. The van der Waals surface area contributed by atoms with Crippen molar-refractivity contribution >= 4 is 0 Å². The Hall–Kier alpha value is -1.64. The maximum atomic E-state index is 3.88. The Morgan fingerprint density at radius 1 is 0.913 bits per heavy atom. The van der Waals surface area contributed by atoms with E-state index in [9.17, 15) is 0 Å². The second-order valence-corrected chi connectivity index (χ2v) is 7.08. The number of nitrogens with one attached hydrogen (secondary N) is 2. The Morgan fingerprint density at radius 3 is 2.48 bits per heavy atom. The highest BCUT2D eigenvalue weighted by molar-refractivity contribution is 5.40. The zero-order valence-corrected chi connectivity index (χ0v) is 13.7. The lowest BCUT2D eigenvalue weighted by Crippen LogP contribution is -2.51. The normalized spacial score (nSPS) is 22.7. The highest BCUT2D eigenvalue weighted by atomic mass is 15.0. The molecule has 0 saturated carbocycles. The lowest BCUT2D eigenvalue weighted by molar-refractivity contribution is 0.256. The van der Waals surface area contributed by atoms with Gasteiger partial charge in [0.25, 0.3) is 0 Å².